The Kier molecular flexibility index (Phi) is 5.95. The quantitative estimate of drug-likeness (QED) is 0.225. The molecular formula is C37H26N2O. The number of nitrogens with one attached hydrogen (secondary N) is 2. The SMILES string of the molecule is N=C(/C(=C1\NC(c2ccco2)=Cc2ccccc21)c1cccc(-c2cccc3ccccc23)c1)c1ccccc1. The minimum atomic E-state index is 0.452. The largest absolute Gasteiger partial charge is 0.463 e. The Bertz CT molecular complexity index is 1920. The normalized spacial score (nSPS) is 13.8. The second-order valence-electron chi connectivity index (χ2n) is 9.85. The lowest BCUT2D eigenvalue weighted by Crippen LogP contribution is -2.20. The molecule has 2 N–H and O–H groups in total. The van der Waals surface area contributed by atoms with Crippen LogP contribution in [0.4, 0.5) is 0 Å². The standard InChI is InChI=1S/C37H26N2O/c38-36(26-12-2-1-3-13-26)35(37-32-19-7-5-14-28(32)24-33(39-37)34-21-10-22-40-34)29-17-8-16-27(23-29)31-20-9-15-25-11-4-6-18-30(25)31/h1-24,38-39H/b37-35-,38-36?. The van der Waals surface area contributed by atoms with Gasteiger partial charge in [0.1, 0.15) is 5.76 Å². The van der Waals surface area contributed by atoms with Crippen molar-refractivity contribution in [1.29, 1.82) is 5.41 Å². The molecule has 3 heteroatoms. The summed E-state index contributed by atoms with van der Waals surface area (Å²) in [6, 6.07) is 45.5. The first-order valence-corrected chi connectivity index (χ1v) is 13.4. The zero-order valence-corrected chi connectivity index (χ0v) is 21.8. The van der Waals surface area contributed by atoms with Crippen molar-refractivity contribution in [1.82, 2.24) is 5.32 Å². The molecule has 6 aromatic rings. The number of hydrogen-bond acceptors (Lipinski definition) is 3. The Morgan fingerprint density at radius 1 is 0.625 bits per heavy atom. The minimum absolute atomic E-state index is 0.452. The van der Waals surface area contributed by atoms with Crippen LogP contribution in [0.15, 0.2) is 144 Å². The molecule has 0 fully saturated rings. The van der Waals surface area contributed by atoms with Crippen molar-refractivity contribution < 1.29 is 4.42 Å². The van der Waals surface area contributed by atoms with Crippen LogP contribution in [0.5, 0.6) is 0 Å². The average Bonchev–Trinajstić information content (AvgIpc) is 3.57. The smallest absolute Gasteiger partial charge is 0.150 e. The predicted molar refractivity (Wildman–Crippen MR) is 166 cm³/mol. The van der Waals surface area contributed by atoms with Gasteiger partial charge in [0.15, 0.2) is 0 Å². The van der Waals surface area contributed by atoms with Gasteiger partial charge in [0.25, 0.3) is 0 Å². The Hall–Kier alpha value is -5.41. The molecule has 5 aromatic carbocycles. The molecule has 0 atom stereocenters. The minimum Gasteiger partial charge on any atom is -0.463 e. The lowest BCUT2D eigenvalue weighted by atomic mass is 9.87. The van der Waals surface area contributed by atoms with Crippen LogP contribution in [0.3, 0.4) is 0 Å². The summed E-state index contributed by atoms with van der Waals surface area (Å²) < 4.78 is 5.78. The van der Waals surface area contributed by atoms with Crippen molar-refractivity contribution in [3.05, 3.63) is 168 Å². The van der Waals surface area contributed by atoms with E-state index in [0.29, 0.717) is 5.71 Å². The van der Waals surface area contributed by atoms with Gasteiger partial charge in [-0.3, -0.25) is 5.41 Å². The number of rotatable bonds is 5. The number of allylic oxidation sites excluding steroid dienone is 1. The van der Waals surface area contributed by atoms with E-state index in [1.165, 1.54) is 16.3 Å². The van der Waals surface area contributed by atoms with Gasteiger partial charge < -0.3 is 9.73 Å². The van der Waals surface area contributed by atoms with Crippen LogP contribution in [-0.4, -0.2) is 5.71 Å². The van der Waals surface area contributed by atoms with E-state index in [0.717, 1.165) is 50.5 Å². The fourth-order valence-corrected chi connectivity index (χ4v) is 5.49. The van der Waals surface area contributed by atoms with Gasteiger partial charge in [0, 0.05) is 16.7 Å². The van der Waals surface area contributed by atoms with E-state index < -0.39 is 0 Å². The zero-order valence-electron chi connectivity index (χ0n) is 21.8. The molecule has 1 aliphatic heterocycles. The molecule has 1 aliphatic rings. The maximum atomic E-state index is 9.51. The summed E-state index contributed by atoms with van der Waals surface area (Å²) in [4.78, 5) is 0. The van der Waals surface area contributed by atoms with Gasteiger partial charge in [0.2, 0.25) is 0 Å². The summed E-state index contributed by atoms with van der Waals surface area (Å²) in [5.41, 5.74) is 9.26. The molecule has 0 saturated carbocycles. The van der Waals surface area contributed by atoms with Crippen molar-refractivity contribution in [2.75, 3.05) is 0 Å². The second kappa shape index (κ2) is 10.0. The molecule has 3 nitrogen and oxygen atoms in total. The van der Waals surface area contributed by atoms with E-state index >= 15 is 0 Å². The number of benzene rings is 5. The van der Waals surface area contributed by atoms with Crippen LogP contribution in [0.25, 0.3) is 44.9 Å². The maximum absolute atomic E-state index is 9.51. The van der Waals surface area contributed by atoms with E-state index in [1.807, 2.05) is 54.6 Å². The van der Waals surface area contributed by atoms with E-state index in [2.05, 4.69) is 90.3 Å². The number of furan rings is 1. The monoisotopic (exact) mass is 514 g/mol. The predicted octanol–water partition coefficient (Wildman–Crippen LogP) is 9.14. The van der Waals surface area contributed by atoms with Gasteiger partial charge in [-0.25, -0.2) is 0 Å². The lowest BCUT2D eigenvalue weighted by Gasteiger charge is -2.25. The fourth-order valence-electron chi connectivity index (χ4n) is 5.49. The molecule has 40 heavy (non-hydrogen) atoms. The highest BCUT2D eigenvalue weighted by atomic mass is 16.3. The molecule has 0 radical (unpaired) electrons. The van der Waals surface area contributed by atoms with Gasteiger partial charge in [-0.1, -0.05) is 115 Å². The molecule has 190 valence electrons. The summed E-state index contributed by atoms with van der Waals surface area (Å²) in [6.45, 7) is 0. The highest BCUT2D eigenvalue weighted by molar-refractivity contribution is 6.36. The third kappa shape index (κ3) is 4.24. The Labute approximate surface area is 233 Å². The zero-order chi connectivity index (χ0) is 26.9. The van der Waals surface area contributed by atoms with E-state index in [4.69, 9.17) is 4.42 Å². The van der Waals surface area contributed by atoms with E-state index in [9.17, 15) is 5.41 Å². The summed E-state index contributed by atoms with van der Waals surface area (Å²) in [6.07, 6.45) is 3.79. The Morgan fingerprint density at radius 3 is 2.23 bits per heavy atom. The first-order valence-electron chi connectivity index (χ1n) is 13.4. The van der Waals surface area contributed by atoms with Crippen molar-refractivity contribution in [3.63, 3.8) is 0 Å². The van der Waals surface area contributed by atoms with Crippen LogP contribution in [-0.2, 0) is 0 Å². The fraction of sp³-hybridized carbons (Fsp3) is 0. The number of fused-ring (bicyclic) bond motifs is 2. The molecule has 0 amide bonds. The second-order valence-corrected chi connectivity index (χ2v) is 9.85. The third-order valence-corrected chi connectivity index (χ3v) is 7.39. The lowest BCUT2D eigenvalue weighted by molar-refractivity contribution is 0.550. The maximum Gasteiger partial charge on any atom is 0.150 e. The van der Waals surface area contributed by atoms with Gasteiger partial charge in [0.05, 0.1) is 23.4 Å². The van der Waals surface area contributed by atoms with Crippen LogP contribution in [0, 0.1) is 5.41 Å². The Morgan fingerprint density at radius 2 is 1.35 bits per heavy atom. The van der Waals surface area contributed by atoms with Gasteiger partial charge in [-0.2, -0.15) is 0 Å². The molecule has 0 aliphatic carbocycles. The van der Waals surface area contributed by atoms with Crippen LogP contribution >= 0.6 is 0 Å². The van der Waals surface area contributed by atoms with Crippen molar-refractivity contribution >= 4 is 39.5 Å². The first kappa shape index (κ1) is 23.7. The summed E-state index contributed by atoms with van der Waals surface area (Å²) in [5.74, 6) is 0.752. The molecule has 0 saturated heterocycles. The Balaban J connectivity index is 1.47. The van der Waals surface area contributed by atoms with Crippen molar-refractivity contribution in [2.24, 2.45) is 0 Å². The number of hydrogen-bond donors (Lipinski definition) is 2. The van der Waals surface area contributed by atoms with Gasteiger partial charge in [-0.05, 0) is 57.3 Å². The highest BCUT2D eigenvalue weighted by Crippen LogP contribution is 2.38. The van der Waals surface area contributed by atoms with Crippen molar-refractivity contribution in [3.8, 4) is 11.1 Å². The van der Waals surface area contributed by atoms with Gasteiger partial charge in [-0.15, -0.1) is 0 Å². The molecule has 7 rings (SSSR count). The molecule has 0 unspecified atom stereocenters. The molecule has 1 aromatic heterocycles. The van der Waals surface area contributed by atoms with Crippen LogP contribution in [0.1, 0.15) is 28.0 Å². The topological polar surface area (TPSA) is 49.0 Å². The molecular weight excluding hydrogens is 488 g/mol. The molecule has 0 spiro atoms. The van der Waals surface area contributed by atoms with E-state index in [1.54, 1.807) is 6.26 Å². The summed E-state index contributed by atoms with van der Waals surface area (Å²) in [5, 5.41) is 15.6. The van der Waals surface area contributed by atoms with Gasteiger partial charge >= 0.3 is 0 Å². The average molecular weight is 515 g/mol. The summed E-state index contributed by atoms with van der Waals surface area (Å²) in [7, 11) is 0. The van der Waals surface area contributed by atoms with Crippen molar-refractivity contribution in [2.45, 2.75) is 0 Å². The highest BCUT2D eigenvalue weighted by Gasteiger charge is 2.24. The molecule has 2 heterocycles. The first-order chi connectivity index (χ1) is 19.8. The molecule has 0 bridgehead atoms. The van der Waals surface area contributed by atoms with Crippen LogP contribution < -0.4 is 5.32 Å². The third-order valence-electron chi connectivity index (χ3n) is 7.39. The van der Waals surface area contributed by atoms with Crippen LogP contribution in [0.2, 0.25) is 0 Å². The summed E-state index contributed by atoms with van der Waals surface area (Å²) >= 11 is 0. The van der Waals surface area contributed by atoms with E-state index in [-0.39, 0.29) is 0 Å².